The third-order valence-corrected chi connectivity index (χ3v) is 4.42. The molecule has 0 saturated carbocycles. The first kappa shape index (κ1) is 15.7. The quantitative estimate of drug-likeness (QED) is 0.810. The van der Waals surface area contributed by atoms with Crippen LogP contribution in [0.4, 0.5) is 4.39 Å². The van der Waals surface area contributed by atoms with Gasteiger partial charge in [-0.05, 0) is 35.9 Å². The fourth-order valence-corrected chi connectivity index (χ4v) is 2.71. The van der Waals surface area contributed by atoms with Crippen LogP contribution in [0.1, 0.15) is 15.9 Å². The van der Waals surface area contributed by atoms with Gasteiger partial charge in [0.1, 0.15) is 5.82 Å². The molecule has 0 amide bonds. The van der Waals surface area contributed by atoms with Crippen LogP contribution in [0, 0.1) is 5.82 Å². The van der Waals surface area contributed by atoms with Crippen molar-refractivity contribution in [2.75, 3.05) is 6.26 Å². The Morgan fingerprint density at radius 3 is 2.57 bits per heavy atom. The summed E-state index contributed by atoms with van der Waals surface area (Å²) < 4.78 is 36.1. The number of hydrogen-bond acceptors (Lipinski definition) is 3. The minimum absolute atomic E-state index is 0.0682. The highest BCUT2D eigenvalue weighted by Gasteiger charge is 2.14. The van der Waals surface area contributed by atoms with Gasteiger partial charge in [0.2, 0.25) is 0 Å². The molecule has 21 heavy (non-hydrogen) atoms. The minimum Gasteiger partial charge on any atom is -0.294 e. The Morgan fingerprint density at radius 2 is 1.90 bits per heavy atom. The zero-order valence-corrected chi connectivity index (χ0v) is 12.7. The molecule has 0 atom stereocenters. The molecule has 0 saturated heterocycles. The van der Waals surface area contributed by atoms with Crippen LogP contribution in [0.25, 0.3) is 0 Å². The summed E-state index contributed by atoms with van der Waals surface area (Å²) in [5.74, 6) is -0.805. The minimum atomic E-state index is -3.38. The molecule has 0 aliphatic rings. The van der Waals surface area contributed by atoms with Gasteiger partial charge in [-0.2, -0.15) is 0 Å². The summed E-state index contributed by atoms with van der Waals surface area (Å²) >= 11 is 5.92. The molecule has 0 spiro atoms. The van der Waals surface area contributed by atoms with E-state index in [9.17, 15) is 17.6 Å². The van der Waals surface area contributed by atoms with Crippen molar-refractivity contribution in [2.45, 2.75) is 11.3 Å². The summed E-state index contributed by atoms with van der Waals surface area (Å²) in [5.41, 5.74) is 0.615. The summed E-state index contributed by atoms with van der Waals surface area (Å²) in [4.78, 5) is 12.2. The standard InChI is InChI=1S/C15H12ClFO3S/c1-21(19,20)13-4-2-3-10(8-13)15(18)9-11-7-12(17)5-6-14(11)16/h2-8H,9H2,1H3. The second-order valence-corrected chi connectivity index (χ2v) is 7.06. The largest absolute Gasteiger partial charge is 0.294 e. The molecule has 0 aliphatic heterocycles. The van der Waals surface area contributed by atoms with Gasteiger partial charge in [-0.15, -0.1) is 0 Å². The number of rotatable bonds is 4. The zero-order valence-electron chi connectivity index (χ0n) is 11.1. The number of carbonyl (C=O) groups is 1. The van der Waals surface area contributed by atoms with Crippen molar-refractivity contribution in [1.82, 2.24) is 0 Å². The second-order valence-electron chi connectivity index (χ2n) is 4.64. The molecule has 0 aliphatic carbocycles. The molecule has 0 aromatic heterocycles. The van der Waals surface area contributed by atoms with Crippen molar-refractivity contribution in [3.63, 3.8) is 0 Å². The first-order valence-electron chi connectivity index (χ1n) is 6.04. The van der Waals surface area contributed by atoms with E-state index in [1.165, 1.54) is 42.5 Å². The Labute approximate surface area is 127 Å². The molecule has 2 aromatic carbocycles. The van der Waals surface area contributed by atoms with E-state index in [2.05, 4.69) is 0 Å². The number of halogens is 2. The lowest BCUT2D eigenvalue weighted by Crippen LogP contribution is -2.06. The third kappa shape index (κ3) is 3.89. The first-order chi connectivity index (χ1) is 9.77. The molecule has 0 bridgehead atoms. The Hall–Kier alpha value is -1.72. The molecule has 0 radical (unpaired) electrons. The topological polar surface area (TPSA) is 51.2 Å². The molecular formula is C15H12ClFO3S. The van der Waals surface area contributed by atoms with E-state index in [1.807, 2.05) is 0 Å². The molecule has 110 valence electrons. The van der Waals surface area contributed by atoms with Gasteiger partial charge in [-0.3, -0.25) is 4.79 Å². The van der Waals surface area contributed by atoms with Crippen LogP contribution in [0.15, 0.2) is 47.4 Å². The fourth-order valence-electron chi connectivity index (χ4n) is 1.85. The number of Topliss-reactive ketones (excluding diaryl/α,β-unsaturated/α-hetero) is 1. The highest BCUT2D eigenvalue weighted by molar-refractivity contribution is 7.90. The molecule has 2 aromatic rings. The van der Waals surface area contributed by atoms with Gasteiger partial charge in [0, 0.05) is 23.3 Å². The van der Waals surface area contributed by atoms with Crippen LogP contribution in [0.5, 0.6) is 0 Å². The van der Waals surface area contributed by atoms with E-state index in [0.29, 0.717) is 10.6 Å². The highest BCUT2D eigenvalue weighted by Crippen LogP contribution is 2.20. The SMILES string of the molecule is CS(=O)(=O)c1cccc(C(=O)Cc2cc(F)ccc2Cl)c1. The van der Waals surface area contributed by atoms with Crippen LogP contribution in [0.2, 0.25) is 5.02 Å². The molecule has 3 nitrogen and oxygen atoms in total. The fraction of sp³-hybridized carbons (Fsp3) is 0.133. The lowest BCUT2D eigenvalue weighted by atomic mass is 10.0. The van der Waals surface area contributed by atoms with E-state index in [1.54, 1.807) is 0 Å². The maximum absolute atomic E-state index is 13.2. The van der Waals surface area contributed by atoms with E-state index in [4.69, 9.17) is 11.6 Å². The lowest BCUT2D eigenvalue weighted by Gasteiger charge is -2.06. The van der Waals surface area contributed by atoms with Crippen LogP contribution in [-0.4, -0.2) is 20.5 Å². The van der Waals surface area contributed by atoms with Crippen molar-refractivity contribution in [3.05, 3.63) is 64.4 Å². The molecule has 0 heterocycles. The van der Waals surface area contributed by atoms with Crippen molar-refractivity contribution in [1.29, 1.82) is 0 Å². The van der Waals surface area contributed by atoms with Crippen molar-refractivity contribution in [3.8, 4) is 0 Å². The van der Waals surface area contributed by atoms with Crippen molar-refractivity contribution < 1.29 is 17.6 Å². The Bertz CT molecular complexity index is 800. The molecular weight excluding hydrogens is 315 g/mol. The maximum atomic E-state index is 13.2. The highest BCUT2D eigenvalue weighted by atomic mass is 35.5. The summed E-state index contributed by atoms with van der Waals surface area (Å²) in [5, 5.41) is 0.295. The summed E-state index contributed by atoms with van der Waals surface area (Å²) in [6.07, 6.45) is 0.976. The van der Waals surface area contributed by atoms with E-state index in [0.717, 1.165) is 6.26 Å². The van der Waals surface area contributed by atoms with Crippen LogP contribution >= 0.6 is 11.6 Å². The number of carbonyl (C=O) groups excluding carboxylic acids is 1. The average molecular weight is 327 g/mol. The number of ketones is 1. The number of sulfone groups is 1. The monoisotopic (exact) mass is 326 g/mol. The predicted octanol–water partition coefficient (Wildman–Crippen LogP) is 3.31. The molecule has 0 unspecified atom stereocenters. The van der Waals surface area contributed by atoms with E-state index in [-0.39, 0.29) is 22.7 Å². The lowest BCUT2D eigenvalue weighted by molar-refractivity contribution is 0.0992. The average Bonchev–Trinajstić information content (AvgIpc) is 2.42. The smallest absolute Gasteiger partial charge is 0.175 e. The van der Waals surface area contributed by atoms with Crippen LogP contribution in [0.3, 0.4) is 0 Å². The molecule has 0 N–H and O–H groups in total. The summed E-state index contributed by atoms with van der Waals surface area (Å²) in [6.45, 7) is 0. The van der Waals surface area contributed by atoms with Crippen LogP contribution in [-0.2, 0) is 16.3 Å². The number of benzene rings is 2. The predicted molar refractivity (Wildman–Crippen MR) is 79.0 cm³/mol. The Balaban J connectivity index is 2.31. The van der Waals surface area contributed by atoms with Gasteiger partial charge < -0.3 is 0 Å². The molecule has 0 fully saturated rings. The van der Waals surface area contributed by atoms with Gasteiger partial charge in [0.25, 0.3) is 0 Å². The van der Waals surface area contributed by atoms with Crippen LogP contribution < -0.4 is 0 Å². The van der Waals surface area contributed by atoms with Gasteiger partial charge in [0.15, 0.2) is 15.6 Å². The Morgan fingerprint density at radius 1 is 1.19 bits per heavy atom. The second kappa shape index (κ2) is 5.95. The number of hydrogen-bond donors (Lipinski definition) is 0. The zero-order chi connectivity index (χ0) is 15.6. The summed E-state index contributed by atoms with van der Waals surface area (Å²) in [6, 6.07) is 9.53. The van der Waals surface area contributed by atoms with E-state index >= 15 is 0 Å². The van der Waals surface area contributed by atoms with Crippen molar-refractivity contribution in [2.24, 2.45) is 0 Å². The molecule has 2 rings (SSSR count). The first-order valence-corrected chi connectivity index (χ1v) is 8.31. The summed E-state index contributed by atoms with van der Waals surface area (Å²) in [7, 11) is -3.38. The van der Waals surface area contributed by atoms with Gasteiger partial charge >= 0.3 is 0 Å². The van der Waals surface area contributed by atoms with E-state index < -0.39 is 15.7 Å². The van der Waals surface area contributed by atoms with Gasteiger partial charge in [0.05, 0.1) is 4.90 Å². The van der Waals surface area contributed by atoms with Gasteiger partial charge in [-0.25, -0.2) is 12.8 Å². The van der Waals surface area contributed by atoms with Crippen molar-refractivity contribution >= 4 is 27.2 Å². The molecule has 6 heteroatoms. The third-order valence-electron chi connectivity index (χ3n) is 2.94. The van der Waals surface area contributed by atoms with Gasteiger partial charge in [-0.1, -0.05) is 23.7 Å². The normalized spacial score (nSPS) is 11.4. The maximum Gasteiger partial charge on any atom is 0.175 e. The Kier molecular flexibility index (Phi) is 4.44.